The largest absolute Gasteiger partial charge is 0.280 e. The van der Waals surface area contributed by atoms with Gasteiger partial charge in [-0.1, -0.05) is 17.7 Å². The first kappa shape index (κ1) is 16.0. The molecular weight excluding hydrogens is 334 g/mol. The van der Waals surface area contributed by atoms with E-state index in [1.54, 1.807) is 12.1 Å². The Kier molecular flexibility index (Phi) is 3.93. The Hall–Kier alpha value is -1.86. The van der Waals surface area contributed by atoms with Crippen LogP contribution in [0.1, 0.15) is 18.4 Å². The van der Waals surface area contributed by atoms with Gasteiger partial charge in [0, 0.05) is 5.69 Å². The van der Waals surface area contributed by atoms with Gasteiger partial charge in [0.05, 0.1) is 15.0 Å². The SMILES string of the molecule is Cc1ccc(S(=O)(=O)Nc2ccc(S(=O)(=O)C3CC3)cc2)cc1. The molecule has 2 aromatic carbocycles. The Labute approximate surface area is 136 Å². The first-order chi connectivity index (χ1) is 10.8. The average molecular weight is 351 g/mol. The molecule has 1 fully saturated rings. The molecule has 2 aromatic rings. The lowest BCUT2D eigenvalue weighted by Gasteiger charge is -2.09. The van der Waals surface area contributed by atoms with Crippen molar-refractivity contribution < 1.29 is 16.8 Å². The maximum atomic E-state index is 12.3. The van der Waals surface area contributed by atoms with Crippen molar-refractivity contribution in [3.63, 3.8) is 0 Å². The molecule has 5 nitrogen and oxygen atoms in total. The molecule has 0 heterocycles. The van der Waals surface area contributed by atoms with Gasteiger partial charge in [-0.3, -0.25) is 4.72 Å². The van der Waals surface area contributed by atoms with E-state index in [2.05, 4.69) is 4.72 Å². The fraction of sp³-hybridized carbons (Fsp3) is 0.250. The fourth-order valence-corrected chi connectivity index (χ4v) is 4.93. The monoisotopic (exact) mass is 351 g/mol. The van der Waals surface area contributed by atoms with Gasteiger partial charge in [0.1, 0.15) is 0 Å². The van der Waals surface area contributed by atoms with Gasteiger partial charge in [-0.2, -0.15) is 0 Å². The Morgan fingerprint density at radius 2 is 1.35 bits per heavy atom. The molecule has 0 aliphatic heterocycles. The summed E-state index contributed by atoms with van der Waals surface area (Å²) in [6, 6.07) is 12.3. The Balaban J connectivity index is 1.81. The maximum Gasteiger partial charge on any atom is 0.261 e. The lowest BCUT2D eigenvalue weighted by molar-refractivity contribution is 0.594. The number of nitrogens with one attached hydrogen (secondary N) is 1. The van der Waals surface area contributed by atoms with E-state index in [0.29, 0.717) is 18.5 Å². The van der Waals surface area contributed by atoms with E-state index in [9.17, 15) is 16.8 Å². The number of benzene rings is 2. The summed E-state index contributed by atoms with van der Waals surface area (Å²) in [6.07, 6.45) is 1.40. The molecule has 0 spiro atoms. The molecule has 0 atom stereocenters. The van der Waals surface area contributed by atoms with Crippen molar-refractivity contribution in [2.45, 2.75) is 34.8 Å². The highest BCUT2D eigenvalue weighted by atomic mass is 32.2. The number of sulfone groups is 1. The predicted octanol–water partition coefficient (Wildman–Crippen LogP) is 2.73. The summed E-state index contributed by atoms with van der Waals surface area (Å²) in [5, 5.41) is -0.280. The molecule has 0 saturated heterocycles. The Morgan fingerprint density at radius 3 is 1.87 bits per heavy atom. The van der Waals surface area contributed by atoms with Gasteiger partial charge in [-0.05, 0) is 56.2 Å². The van der Waals surface area contributed by atoms with Gasteiger partial charge >= 0.3 is 0 Å². The molecular formula is C16H17NO4S2. The minimum Gasteiger partial charge on any atom is -0.280 e. The van der Waals surface area contributed by atoms with Gasteiger partial charge < -0.3 is 0 Å². The summed E-state index contributed by atoms with van der Waals surface area (Å²) in [5.74, 6) is 0. The highest BCUT2D eigenvalue weighted by Gasteiger charge is 2.36. The van der Waals surface area contributed by atoms with Crippen molar-refractivity contribution in [3.8, 4) is 0 Å². The lowest BCUT2D eigenvalue weighted by atomic mass is 10.2. The quantitative estimate of drug-likeness (QED) is 0.898. The van der Waals surface area contributed by atoms with Crippen LogP contribution < -0.4 is 4.72 Å². The highest BCUT2D eigenvalue weighted by molar-refractivity contribution is 7.93. The first-order valence-corrected chi connectivity index (χ1v) is 10.3. The third kappa shape index (κ3) is 3.40. The van der Waals surface area contributed by atoms with E-state index >= 15 is 0 Å². The topological polar surface area (TPSA) is 80.3 Å². The standard InChI is InChI=1S/C16H17NO4S2/c1-12-2-6-16(7-3-12)23(20,21)17-13-4-8-14(9-5-13)22(18,19)15-10-11-15/h2-9,15,17H,10-11H2,1H3. The molecule has 1 aliphatic rings. The zero-order chi connectivity index (χ0) is 16.7. The van der Waals surface area contributed by atoms with Crippen LogP contribution in [0.3, 0.4) is 0 Å². The van der Waals surface area contributed by atoms with Crippen LogP contribution in [0.15, 0.2) is 58.3 Å². The van der Waals surface area contributed by atoms with Crippen molar-refractivity contribution >= 4 is 25.5 Å². The number of rotatable bonds is 5. The van der Waals surface area contributed by atoms with E-state index in [4.69, 9.17) is 0 Å². The molecule has 0 bridgehead atoms. The predicted molar refractivity (Wildman–Crippen MR) is 88.6 cm³/mol. The number of hydrogen-bond donors (Lipinski definition) is 1. The molecule has 122 valence electrons. The third-order valence-corrected chi connectivity index (χ3v) is 7.41. The van der Waals surface area contributed by atoms with Crippen LogP contribution >= 0.6 is 0 Å². The summed E-state index contributed by atoms with van der Waals surface area (Å²) in [7, 11) is -6.94. The van der Waals surface area contributed by atoms with E-state index in [1.165, 1.54) is 36.4 Å². The second kappa shape index (κ2) is 5.65. The summed E-state index contributed by atoms with van der Waals surface area (Å²) < 4.78 is 51.2. The van der Waals surface area contributed by atoms with Crippen LogP contribution in [0.5, 0.6) is 0 Å². The molecule has 0 radical (unpaired) electrons. The average Bonchev–Trinajstić information content (AvgIpc) is 3.33. The van der Waals surface area contributed by atoms with Crippen molar-refractivity contribution in [2.24, 2.45) is 0 Å². The molecule has 0 unspecified atom stereocenters. The van der Waals surface area contributed by atoms with Gasteiger partial charge in [-0.25, -0.2) is 16.8 Å². The summed E-state index contributed by atoms with van der Waals surface area (Å²) in [4.78, 5) is 0.399. The van der Waals surface area contributed by atoms with Crippen LogP contribution in [0.25, 0.3) is 0 Å². The minimum absolute atomic E-state index is 0.165. The smallest absolute Gasteiger partial charge is 0.261 e. The van der Waals surface area contributed by atoms with Crippen LogP contribution in [-0.2, 0) is 19.9 Å². The molecule has 0 aromatic heterocycles. The minimum atomic E-state index is -3.68. The van der Waals surface area contributed by atoms with Crippen LogP contribution in [0, 0.1) is 6.92 Å². The fourth-order valence-electron chi connectivity index (χ4n) is 2.21. The van der Waals surface area contributed by atoms with E-state index in [1.807, 2.05) is 6.92 Å². The molecule has 7 heteroatoms. The number of anilines is 1. The molecule has 0 amide bonds. The van der Waals surface area contributed by atoms with E-state index < -0.39 is 19.9 Å². The molecule has 23 heavy (non-hydrogen) atoms. The van der Waals surface area contributed by atoms with Crippen molar-refractivity contribution in [1.82, 2.24) is 0 Å². The van der Waals surface area contributed by atoms with Gasteiger partial charge in [0.2, 0.25) is 0 Å². The molecule has 1 N–H and O–H groups in total. The summed E-state index contributed by atoms with van der Waals surface area (Å²) >= 11 is 0. The number of aryl methyl sites for hydroxylation is 1. The third-order valence-electron chi connectivity index (χ3n) is 3.73. The van der Waals surface area contributed by atoms with Gasteiger partial charge in [0.25, 0.3) is 10.0 Å². The highest BCUT2D eigenvalue weighted by Crippen LogP contribution is 2.33. The zero-order valence-electron chi connectivity index (χ0n) is 12.6. The maximum absolute atomic E-state index is 12.3. The molecule has 1 aliphatic carbocycles. The normalized spacial score (nSPS) is 15.3. The van der Waals surface area contributed by atoms with Crippen molar-refractivity contribution in [2.75, 3.05) is 4.72 Å². The van der Waals surface area contributed by atoms with Gasteiger partial charge in [0.15, 0.2) is 9.84 Å². The van der Waals surface area contributed by atoms with E-state index in [-0.39, 0.29) is 15.0 Å². The second-order valence-electron chi connectivity index (χ2n) is 5.69. The summed E-state index contributed by atoms with van der Waals surface area (Å²) in [5.41, 5.74) is 1.30. The van der Waals surface area contributed by atoms with Crippen molar-refractivity contribution in [1.29, 1.82) is 0 Å². The lowest BCUT2D eigenvalue weighted by Crippen LogP contribution is -2.13. The zero-order valence-corrected chi connectivity index (χ0v) is 14.2. The Bertz CT molecular complexity index is 911. The molecule has 1 saturated carbocycles. The summed E-state index contributed by atoms with van der Waals surface area (Å²) in [6.45, 7) is 1.88. The van der Waals surface area contributed by atoms with Crippen molar-refractivity contribution in [3.05, 3.63) is 54.1 Å². The van der Waals surface area contributed by atoms with Crippen LogP contribution in [0.2, 0.25) is 0 Å². The number of hydrogen-bond acceptors (Lipinski definition) is 4. The Morgan fingerprint density at radius 1 is 0.826 bits per heavy atom. The van der Waals surface area contributed by atoms with E-state index in [0.717, 1.165) is 5.56 Å². The number of sulfonamides is 1. The first-order valence-electron chi connectivity index (χ1n) is 7.22. The second-order valence-corrected chi connectivity index (χ2v) is 9.60. The van der Waals surface area contributed by atoms with Crippen LogP contribution in [0.4, 0.5) is 5.69 Å². The van der Waals surface area contributed by atoms with Gasteiger partial charge in [-0.15, -0.1) is 0 Å². The van der Waals surface area contributed by atoms with Crippen LogP contribution in [-0.4, -0.2) is 22.1 Å². The molecule has 3 rings (SSSR count).